The summed E-state index contributed by atoms with van der Waals surface area (Å²) >= 11 is 3.50. The van der Waals surface area contributed by atoms with Gasteiger partial charge in [0, 0.05) is 39.1 Å². The molecule has 2 aromatic rings. The molecule has 0 bridgehead atoms. The number of methoxy groups -OCH3 is 1. The number of nitrogens with zero attached hydrogens (tertiary/aromatic N) is 2. The van der Waals surface area contributed by atoms with Crippen LogP contribution in [0.5, 0.6) is 5.75 Å². The van der Waals surface area contributed by atoms with E-state index in [0.717, 1.165) is 54.9 Å². The lowest BCUT2D eigenvalue weighted by molar-refractivity contribution is -0.133. The van der Waals surface area contributed by atoms with Crippen LogP contribution in [-0.2, 0) is 17.8 Å². The van der Waals surface area contributed by atoms with Crippen LogP contribution in [0.1, 0.15) is 23.1 Å². The molecule has 1 amide bonds. The first-order valence-electron chi connectivity index (χ1n) is 9.43. The normalized spacial score (nSPS) is 15.0. The predicted octanol–water partition coefficient (Wildman–Crippen LogP) is 4.04. The van der Waals surface area contributed by atoms with Crippen LogP contribution in [0.15, 0.2) is 46.9 Å². The van der Waals surface area contributed by atoms with Crippen LogP contribution in [0.3, 0.4) is 0 Å². The van der Waals surface area contributed by atoms with Crippen molar-refractivity contribution in [3.63, 3.8) is 0 Å². The molecule has 1 saturated heterocycles. The molecule has 1 aliphatic rings. The van der Waals surface area contributed by atoms with Crippen molar-refractivity contribution >= 4 is 21.8 Å². The largest absolute Gasteiger partial charge is 0.496 e. The first-order chi connectivity index (χ1) is 13.0. The molecule has 5 heteroatoms. The molecular formula is C22H27BrN2O2. The Morgan fingerprint density at radius 3 is 2.52 bits per heavy atom. The Morgan fingerprint density at radius 2 is 1.85 bits per heavy atom. The van der Waals surface area contributed by atoms with Gasteiger partial charge in [0.25, 0.3) is 0 Å². The van der Waals surface area contributed by atoms with Crippen molar-refractivity contribution in [3.8, 4) is 5.75 Å². The second-order valence-corrected chi connectivity index (χ2v) is 7.97. The second-order valence-electron chi connectivity index (χ2n) is 7.11. The zero-order valence-corrected chi connectivity index (χ0v) is 17.7. The number of carbonyl (C=O) groups excluding carboxylic acids is 1. The second kappa shape index (κ2) is 9.38. The molecular weight excluding hydrogens is 404 g/mol. The number of ether oxygens (including phenoxy) is 1. The predicted molar refractivity (Wildman–Crippen MR) is 112 cm³/mol. The van der Waals surface area contributed by atoms with Crippen LogP contribution < -0.4 is 4.74 Å². The lowest BCUT2D eigenvalue weighted by atomic mass is 10.1. The van der Waals surface area contributed by atoms with Gasteiger partial charge < -0.3 is 9.64 Å². The summed E-state index contributed by atoms with van der Waals surface area (Å²) in [6.45, 7) is 6.60. The maximum Gasteiger partial charge on any atom is 0.222 e. The van der Waals surface area contributed by atoms with Crippen LogP contribution in [0.25, 0.3) is 0 Å². The first-order valence-corrected chi connectivity index (χ1v) is 10.2. The fourth-order valence-electron chi connectivity index (χ4n) is 3.50. The van der Waals surface area contributed by atoms with Gasteiger partial charge in [-0.05, 0) is 52.5 Å². The zero-order chi connectivity index (χ0) is 19.2. The lowest BCUT2D eigenvalue weighted by Crippen LogP contribution is -2.48. The van der Waals surface area contributed by atoms with E-state index in [2.05, 4.69) is 52.0 Å². The number of carbonyl (C=O) groups is 1. The Balaban J connectivity index is 1.45. The third-order valence-corrected chi connectivity index (χ3v) is 5.68. The van der Waals surface area contributed by atoms with Gasteiger partial charge in [0.05, 0.1) is 11.6 Å². The average molecular weight is 431 g/mol. The van der Waals surface area contributed by atoms with Crippen LogP contribution in [0.2, 0.25) is 0 Å². The van der Waals surface area contributed by atoms with E-state index in [4.69, 9.17) is 4.74 Å². The first kappa shape index (κ1) is 19.9. The molecule has 2 aromatic carbocycles. The van der Waals surface area contributed by atoms with Gasteiger partial charge in [-0.25, -0.2) is 0 Å². The molecule has 0 spiro atoms. The van der Waals surface area contributed by atoms with Crippen molar-refractivity contribution in [1.29, 1.82) is 0 Å². The average Bonchev–Trinajstić information content (AvgIpc) is 2.67. The van der Waals surface area contributed by atoms with Gasteiger partial charge in [0.15, 0.2) is 0 Å². The third-order valence-electron chi connectivity index (χ3n) is 5.06. The highest BCUT2D eigenvalue weighted by molar-refractivity contribution is 9.10. The number of amides is 1. The summed E-state index contributed by atoms with van der Waals surface area (Å²) in [6, 6.07) is 14.7. The summed E-state index contributed by atoms with van der Waals surface area (Å²) in [6.07, 6.45) is 1.31. The minimum absolute atomic E-state index is 0.247. The fraction of sp³-hybridized carbons (Fsp3) is 0.409. The minimum atomic E-state index is 0.247. The van der Waals surface area contributed by atoms with Gasteiger partial charge in [-0.2, -0.15) is 0 Å². The molecule has 0 aromatic heterocycles. The quantitative estimate of drug-likeness (QED) is 0.692. The van der Waals surface area contributed by atoms with E-state index in [1.54, 1.807) is 7.11 Å². The summed E-state index contributed by atoms with van der Waals surface area (Å²) in [4.78, 5) is 17.0. The van der Waals surface area contributed by atoms with E-state index in [-0.39, 0.29) is 5.91 Å². The molecule has 0 atom stereocenters. The van der Waals surface area contributed by atoms with Crippen LogP contribution in [-0.4, -0.2) is 49.0 Å². The van der Waals surface area contributed by atoms with Gasteiger partial charge in [0.2, 0.25) is 5.91 Å². The number of hydrogen-bond acceptors (Lipinski definition) is 3. The molecule has 1 heterocycles. The number of aryl methyl sites for hydroxylation is 2. The van der Waals surface area contributed by atoms with E-state index in [1.807, 2.05) is 23.1 Å². The van der Waals surface area contributed by atoms with Crippen molar-refractivity contribution in [2.45, 2.75) is 26.3 Å². The monoisotopic (exact) mass is 430 g/mol. The highest BCUT2D eigenvalue weighted by Gasteiger charge is 2.21. The van der Waals surface area contributed by atoms with Crippen molar-refractivity contribution in [3.05, 3.63) is 63.6 Å². The Labute approximate surface area is 170 Å². The van der Waals surface area contributed by atoms with E-state index in [9.17, 15) is 4.79 Å². The van der Waals surface area contributed by atoms with E-state index >= 15 is 0 Å². The standard InChI is InChI=1S/C22H27BrN2O2/c1-17-4-3-5-19(14-17)16-24-10-12-25(13-11-24)22(26)9-7-18-6-8-21(27-2)20(23)15-18/h3-6,8,14-15H,7,9-13,16H2,1-2H3. The number of halogens is 1. The smallest absolute Gasteiger partial charge is 0.222 e. The molecule has 0 N–H and O–H groups in total. The molecule has 144 valence electrons. The Hall–Kier alpha value is -1.85. The Morgan fingerprint density at radius 1 is 1.07 bits per heavy atom. The maximum absolute atomic E-state index is 12.6. The highest BCUT2D eigenvalue weighted by Crippen LogP contribution is 2.26. The van der Waals surface area contributed by atoms with Crippen molar-refractivity contribution in [2.75, 3.05) is 33.3 Å². The number of piperazine rings is 1. The SMILES string of the molecule is COc1ccc(CCC(=O)N2CCN(Cc3cccc(C)c3)CC2)cc1Br. The van der Waals surface area contributed by atoms with Crippen molar-refractivity contribution in [2.24, 2.45) is 0 Å². The maximum atomic E-state index is 12.6. The molecule has 1 fully saturated rings. The summed E-state index contributed by atoms with van der Waals surface area (Å²) in [5, 5.41) is 0. The van der Waals surface area contributed by atoms with Crippen LogP contribution >= 0.6 is 15.9 Å². The molecule has 1 aliphatic heterocycles. The Kier molecular flexibility index (Phi) is 6.91. The molecule has 0 aliphatic carbocycles. The summed E-state index contributed by atoms with van der Waals surface area (Å²) in [5.74, 6) is 1.06. The van der Waals surface area contributed by atoms with Crippen molar-refractivity contribution in [1.82, 2.24) is 9.80 Å². The van der Waals surface area contributed by atoms with E-state index in [1.165, 1.54) is 11.1 Å². The summed E-state index contributed by atoms with van der Waals surface area (Å²) in [5.41, 5.74) is 3.79. The third kappa shape index (κ3) is 5.56. The van der Waals surface area contributed by atoms with Gasteiger partial charge in [-0.15, -0.1) is 0 Å². The van der Waals surface area contributed by atoms with Gasteiger partial charge in [-0.1, -0.05) is 35.9 Å². The number of rotatable bonds is 6. The van der Waals surface area contributed by atoms with E-state index < -0.39 is 0 Å². The lowest BCUT2D eigenvalue weighted by Gasteiger charge is -2.35. The minimum Gasteiger partial charge on any atom is -0.496 e. The van der Waals surface area contributed by atoms with Gasteiger partial charge in [-0.3, -0.25) is 9.69 Å². The molecule has 0 unspecified atom stereocenters. The molecule has 27 heavy (non-hydrogen) atoms. The molecule has 0 radical (unpaired) electrons. The molecule has 4 nitrogen and oxygen atoms in total. The zero-order valence-electron chi connectivity index (χ0n) is 16.1. The van der Waals surface area contributed by atoms with E-state index in [0.29, 0.717) is 6.42 Å². The molecule has 0 saturated carbocycles. The van der Waals surface area contributed by atoms with Crippen LogP contribution in [0, 0.1) is 6.92 Å². The highest BCUT2D eigenvalue weighted by atomic mass is 79.9. The van der Waals surface area contributed by atoms with Crippen molar-refractivity contribution < 1.29 is 9.53 Å². The fourth-order valence-corrected chi connectivity index (χ4v) is 4.09. The topological polar surface area (TPSA) is 32.8 Å². The Bertz CT molecular complexity index is 786. The van der Waals surface area contributed by atoms with Crippen LogP contribution in [0.4, 0.5) is 0 Å². The number of benzene rings is 2. The summed E-state index contributed by atoms with van der Waals surface area (Å²) in [7, 11) is 1.65. The van der Waals surface area contributed by atoms with Gasteiger partial charge in [0.1, 0.15) is 5.75 Å². The van der Waals surface area contributed by atoms with Gasteiger partial charge >= 0.3 is 0 Å². The number of hydrogen-bond donors (Lipinski definition) is 0. The molecule has 3 rings (SSSR count). The summed E-state index contributed by atoms with van der Waals surface area (Å²) < 4.78 is 6.18.